The van der Waals surface area contributed by atoms with Gasteiger partial charge in [-0.05, 0) is 19.1 Å². The summed E-state index contributed by atoms with van der Waals surface area (Å²) in [6, 6.07) is 3.24. The molecule has 5 nitrogen and oxygen atoms in total. The van der Waals surface area contributed by atoms with Gasteiger partial charge in [0.1, 0.15) is 5.54 Å². The van der Waals surface area contributed by atoms with Gasteiger partial charge >= 0.3 is 0 Å². The molecule has 1 aromatic rings. The Labute approximate surface area is 87.7 Å². The van der Waals surface area contributed by atoms with Crippen LogP contribution >= 0.6 is 0 Å². The molecule has 0 saturated carbocycles. The number of carbonyl (C=O) groups is 2. The molecule has 0 bridgehead atoms. The highest BCUT2D eigenvalue weighted by molar-refractivity contribution is 5.80. The van der Waals surface area contributed by atoms with Crippen molar-refractivity contribution in [3.05, 3.63) is 24.0 Å². The number of carbonyl (C=O) groups excluding carboxylic acids is 2. The Bertz CT molecular complexity index is 375. The lowest BCUT2D eigenvalue weighted by Crippen LogP contribution is -2.44. The first-order chi connectivity index (χ1) is 6.98. The molecule has 0 aliphatic carbocycles. The molecular formula is C10H13N3O2. The molecule has 1 unspecified atom stereocenters. The number of amides is 1. The summed E-state index contributed by atoms with van der Waals surface area (Å²) in [7, 11) is 0. The van der Waals surface area contributed by atoms with Crippen molar-refractivity contribution in [2.75, 3.05) is 5.73 Å². The molecule has 80 valence electrons. The number of nitrogen functional groups attached to an aromatic ring is 1. The van der Waals surface area contributed by atoms with Gasteiger partial charge in [-0.1, -0.05) is 0 Å². The van der Waals surface area contributed by atoms with E-state index < -0.39 is 5.54 Å². The molecule has 1 rings (SSSR count). The van der Waals surface area contributed by atoms with Gasteiger partial charge in [0, 0.05) is 6.92 Å². The van der Waals surface area contributed by atoms with Crippen LogP contribution in [0.15, 0.2) is 18.3 Å². The first-order valence-corrected chi connectivity index (χ1v) is 4.45. The summed E-state index contributed by atoms with van der Waals surface area (Å²) in [5.41, 5.74) is 5.35. The smallest absolute Gasteiger partial charge is 0.217 e. The average molecular weight is 207 g/mol. The fourth-order valence-corrected chi connectivity index (χ4v) is 1.23. The van der Waals surface area contributed by atoms with Gasteiger partial charge in [0.25, 0.3) is 0 Å². The van der Waals surface area contributed by atoms with Crippen molar-refractivity contribution in [1.29, 1.82) is 0 Å². The molecule has 0 radical (unpaired) electrons. The molecular weight excluding hydrogens is 194 g/mol. The van der Waals surface area contributed by atoms with Gasteiger partial charge in [0.2, 0.25) is 5.91 Å². The molecule has 1 atom stereocenters. The predicted octanol–water partition coefficient (Wildman–Crippen LogP) is 0.214. The first kappa shape index (κ1) is 11.2. The SMILES string of the molecule is CC(=O)NC(C)(C=O)c1ccc(N)cn1. The number of nitrogens with one attached hydrogen (secondary N) is 1. The zero-order chi connectivity index (χ0) is 11.5. The second kappa shape index (κ2) is 4.08. The van der Waals surface area contributed by atoms with Gasteiger partial charge in [0.15, 0.2) is 6.29 Å². The second-order valence-corrected chi connectivity index (χ2v) is 3.48. The third-order valence-corrected chi connectivity index (χ3v) is 1.99. The number of hydrogen-bond acceptors (Lipinski definition) is 4. The third-order valence-electron chi connectivity index (χ3n) is 1.99. The van der Waals surface area contributed by atoms with E-state index in [0.29, 0.717) is 17.7 Å². The average Bonchev–Trinajstić information content (AvgIpc) is 2.17. The number of anilines is 1. The van der Waals surface area contributed by atoms with E-state index >= 15 is 0 Å². The Hall–Kier alpha value is -1.91. The van der Waals surface area contributed by atoms with Crippen LogP contribution < -0.4 is 11.1 Å². The molecule has 15 heavy (non-hydrogen) atoms. The first-order valence-electron chi connectivity index (χ1n) is 4.45. The summed E-state index contributed by atoms with van der Waals surface area (Å²) in [4.78, 5) is 25.9. The molecule has 0 aliphatic heterocycles. The van der Waals surface area contributed by atoms with Crippen LogP contribution in [-0.4, -0.2) is 17.2 Å². The number of nitrogens with zero attached hydrogens (tertiary/aromatic N) is 1. The maximum Gasteiger partial charge on any atom is 0.217 e. The maximum absolute atomic E-state index is 11.0. The summed E-state index contributed by atoms with van der Waals surface area (Å²) >= 11 is 0. The van der Waals surface area contributed by atoms with E-state index in [-0.39, 0.29) is 5.91 Å². The second-order valence-electron chi connectivity index (χ2n) is 3.48. The van der Waals surface area contributed by atoms with Crippen LogP contribution in [0.5, 0.6) is 0 Å². The zero-order valence-electron chi connectivity index (χ0n) is 8.65. The summed E-state index contributed by atoms with van der Waals surface area (Å²) in [6.07, 6.45) is 2.09. The molecule has 0 aliphatic rings. The number of nitrogens with two attached hydrogens (primary N) is 1. The highest BCUT2D eigenvalue weighted by Gasteiger charge is 2.28. The molecule has 5 heteroatoms. The van der Waals surface area contributed by atoms with Gasteiger partial charge in [-0.15, -0.1) is 0 Å². The van der Waals surface area contributed by atoms with E-state index in [4.69, 9.17) is 5.73 Å². The van der Waals surface area contributed by atoms with E-state index in [1.54, 1.807) is 19.1 Å². The maximum atomic E-state index is 11.0. The molecule has 0 fully saturated rings. The van der Waals surface area contributed by atoms with Crippen LogP contribution in [0.25, 0.3) is 0 Å². The van der Waals surface area contributed by atoms with E-state index in [9.17, 15) is 9.59 Å². The Kier molecular flexibility index (Phi) is 3.04. The lowest BCUT2D eigenvalue weighted by Gasteiger charge is -2.23. The Balaban J connectivity index is 3.05. The molecule has 0 spiro atoms. The van der Waals surface area contributed by atoms with Crippen molar-refractivity contribution < 1.29 is 9.59 Å². The fourth-order valence-electron chi connectivity index (χ4n) is 1.23. The van der Waals surface area contributed by atoms with E-state index in [1.807, 2.05) is 0 Å². The quantitative estimate of drug-likeness (QED) is 0.694. The van der Waals surface area contributed by atoms with Crippen LogP contribution in [0.4, 0.5) is 5.69 Å². The van der Waals surface area contributed by atoms with Crippen LogP contribution in [0.1, 0.15) is 19.5 Å². The Morgan fingerprint density at radius 3 is 2.67 bits per heavy atom. The number of aldehydes is 1. The summed E-state index contributed by atoms with van der Waals surface area (Å²) in [6.45, 7) is 2.93. The number of hydrogen-bond donors (Lipinski definition) is 2. The largest absolute Gasteiger partial charge is 0.397 e. The standard InChI is InChI=1S/C10H13N3O2/c1-7(15)13-10(2,6-14)9-4-3-8(11)5-12-9/h3-6H,11H2,1-2H3,(H,13,15). The summed E-state index contributed by atoms with van der Waals surface area (Å²) in [5, 5.41) is 2.53. The van der Waals surface area contributed by atoms with Gasteiger partial charge in [-0.2, -0.15) is 0 Å². The lowest BCUT2D eigenvalue weighted by atomic mass is 9.99. The van der Waals surface area contributed by atoms with Crippen molar-refractivity contribution in [3.8, 4) is 0 Å². The number of pyridine rings is 1. The van der Waals surface area contributed by atoms with Crippen molar-refractivity contribution in [2.24, 2.45) is 0 Å². The summed E-state index contributed by atoms with van der Waals surface area (Å²) in [5.74, 6) is -0.289. The summed E-state index contributed by atoms with van der Waals surface area (Å²) < 4.78 is 0. The molecule has 3 N–H and O–H groups in total. The monoisotopic (exact) mass is 207 g/mol. The Morgan fingerprint density at radius 2 is 2.27 bits per heavy atom. The van der Waals surface area contributed by atoms with Gasteiger partial charge in [-0.25, -0.2) is 0 Å². The molecule has 0 aromatic carbocycles. The van der Waals surface area contributed by atoms with Crippen LogP contribution in [0.3, 0.4) is 0 Å². The normalized spacial score (nSPS) is 14.0. The topological polar surface area (TPSA) is 85.1 Å². The molecule has 1 heterocycles. The Morgan fingerprint density at radius 1 is 1.60 bits per heavy atom. The van der Waals surface area contributed by atoms with E-state index in [0.717, 1.165) is 0 Å². The number of aromatic nitrogens is 1. The minimum atomic E-state index is -1.10. The lowest BCUT2D eigenvalue weighted by molar-refractivity contribution is -0.125. The van der Waals surface area contributed by atoms with Crippen molar-refractivity contribution in [2.45, 2.75) is 19.4 Å². The van der Waals surface area contributed by atoms with Crippen molar-refractivity contribution in [1.82, 2.24) is 10.3 Å². The van der Waals surface area contributed by atoms with Crippen LogP contribution in [0.2, 0.25) is 0 Å². The van der Waals surface area contributed by atoms with Crippen LogP contribution in [0, 0.1) is 0 Å². The van der Waals surface area contributed by atoms with E-state index in [1.165, 1.54) is 13.1 Å². The van der Waals surface area contributed by atoms with E-state index in [2.05, 4.69) is 10.3 Å². The van der Waals surface area contributed by atoms with Gasteiger partial charge in [-0.3, -0.25) is 9.78 Å². The highest BCUT2D eigenvalue weighted by Crippen LogP contribution is 2.16. The van der Waals surface area contributed by atoms with Crippen molar-refractivity contribution in [3.63, 3.8) is 0 Å². The fraction of sp³-hybridized carbons (Fsp3) is 0.300. The zero-order valence-corrected chi connectivity index (χ0v) is 8.65. The minimum Gasteiger partial charge on any atom is -0.397 e. The molecule has 0 saturated heterocycles. The molecule has 1 amide bonds. The molecule has 1 aromatic heterocycles. The van der Waals surface area contributed by atoms with Crippen LogP contribution in [-0.2, 0) is 15.1 Å². The predicted molar refractivity (Wildman–Crippen MR) is 55.9 cm³/mol. The van der Waals surface area contributed by atoms with Crippen molar-refractivity contribution >= 4 is 17.9 Å². The van der Waals surface area contributed by atoms with Gasteiger partial charge < -0.3 is 15.8 Å². The minimum absolute atomic E-state index is 0.289. The van der Waals surface area contributed by atoms with Gasteiger partial charge in [0.05, 0.1) is 17.6 Å². The number of rotatable bonds is 3. The highest BCUT2D eigenvalue weighted by atomic mass is 16.2. The third kappa shape index (κ3) is 2.52.